The molecule has 0 atom stereocenters. The summed E-state index contributed by atoms with van der Waals surface area (Å²) in [6, 6.07) is 16.2. The first-order valence-corrected chi connectivity index (χ1v) is 5.19. The Hall–Kier alpha value is -1.75. The molecule has 0 amide bonds. The van der Waals surface area contributed by atoms with E-state index in [4.69, 9.17) is 12.2 Å². The third-order valence-electron chi connectivity index (χ3n) is 2.57. The molecule has 0 aliphatic carbocycles. The Kier molecular flexibility index (Phi) is 4.78. The lowest BCUT2D eigenvalue weighted by molar-refractivity contribution is 1.07. The van der Waals surface area contributed by atoms with Crippen LogP contribution < -0.4 is 5.73 Å². The van der Waals surface area contributed by atoms with Crippen LogP contribution in [0.3, 0.4) is 0 Å². The van der Waals surface area contributed by atoms with Gasteiger partial charge in [0.25, 0.3) is 0 Å². The van der Waals surface area contributed by atoms with Gasteiger partial charge in [-0.3, -0.25) is 0 Å². The summed E-state index contributed by atoms with van der Waals surface area (Å²) in [6.07, 6.45) is 5.31. The van der Waals surface area contributed by atoms with Gasteiger partial charge in [0.2, 0.25) is 0 Å². The van der Waals surface area contributed by atoms with Crippen molar-refractivity contribution in [3.05, 3.63) is 59.7 Å². The molecular weight excluding hydrogens is 230 g/mol. The quantitative estimate of drug-likeness (QED) is 0.806. The number of hydrogen-bond donors (Lipinski definition) is 1. The zero-order chi connectivity index (χ0) is 11.4. The van der Waals surface area contributed by atoms with Gasteiger partial charge in [-0.2, -0.15) is 0 Å². The summed E-state index contributed by atoms with van der Waals surface area (Å²) in [5, 5.41) is 0. The molecule has 17 heavy (non-hydrogen) atoms. The molecule has 2 rings (SSSR count). The van der Waals surface area contributed by atoms with E-state index in [1.54, 1.807) is 0 Å². The van der Waals surface area contributed by atoms with Crippen LogP contribution in [0.1, 0.15) is 11.1 Å². The minimum absolute atomic E-state index is 0. The van der Waals surface area contributed by atoms with E-state index in [2.05, 4.69) is 18.1 Å². The summed E-state index contributed by atoms with van der Waals surface area (Å²) in [5.74, 6) is 2.61. The van der Waals surface area contributed by atoms with Gasteiger partial charge in [-0.25, -0.2) is 0 Å². The van der Waals surface area contributed by atoms with E-state index in [-0.39, 0.29) is 12.4 Å². The van der Waals surface area contributed by atoms with Gasteiger partial charge in [-0.1, -0.05) is 42.3 Å². The number of nitrogens with two attached hydrogens (primary N) is 1. The number of benzene rings is 2. The normalized spacial score (nSPS) is 9.18. The molecule has 0 aliphatic rings. The van der Waals surface area contributed by atoms with Crippen molar-refractivity contribution in [1.82, 2.24) is 0 Å². The van der Waals surface area contributed by atoms with E-state index in [0.29, 0.717) is 6.54 Å². The zero-order valence-electron chi connectivity index (χ0n) is 9.39. The fourth-order valence-corrected chi connectivity index (χ4v) is 1.59. The molecule has 0 spiro atoms. The SMILES string of the molecule is C#Cc1ccc(-c2ccc(CN)cc2)cc1.Cl. The van der Waals surface area contributed by atoms with Crippen molar-refractivity contribution in [3.63, 3.8) is 0 Å². The first kappa shape index (κ1) is 13.3. The first-order valence-electron chi connectivity index (χ1n) is 5.19. The maximum absolute atomic E-state index is 5.55. The summed E-state index contributed by atoms with van der Waals surface area (Å²) >= 11 is 0. The molecule has 0 saturated carbocycles. The fraction of sp³-hybridized carbons (Fsp3) is 0.0667. The smallest absolute Gasteiger partial charge is 0.0243 e. The van der Waals surface area contributed by atoms with Crippen molar-refractivity contribution in [2.24, 2.45) is 5.73 Å². The Labute approximate surface area is 108 Å². The highest BCUT2D eigenvalue weighted by atomic mass is 35.5. The van der Waals surface area contributed by atoms with Crippen LogP contribution in [-0.2, 0) is 6.54 Å². The molecule has 2 heteroatoms. The van der Waals surface area contributed by atoms with Gasteiger partial charge >= 0.3 is 0 Å². The summed E-state index contributed by atoms with van der Waals surface area (Å²) in [6.45, 7) is 0.580. The van der Waals surface area contributed by atoms with Crippen molar-refractivity contribution >= 4 is 12.4 Å². The largest absolute Gasteiger partial charge is 0.326 e. The van der Waals surface area contributed by atoms with Crippen LogP contribution in [0.25, 0.3) is 11.1 Å². The third-order valence-corrected chi connectivity index (χ3v) is 2.57. The summed E-state index contributed by atoms with van der Waals surface area (Å²) in [5.41, 5.74) is 9.95. The Balaban J connectivity index is 0.00000144. The predicted molar refractivity (Wildman–Crippen MR) is 75.0 cm³/mol. The van der Waals surface area contributed by atoms with Crippen LogP contribution >= 0.6 is 12.4 Å². The lowest BCUT2D eigenvalue weighted by Gasteiger charge is -2.03. The number of halogens is 1. The van der Waals surface area contributed by atoms with E-state index in [9.17, 15) is 0 Å². The van der Waals surface area contributed by atoms with Crippen LogP contribution in [0.2, 0.25) is 0 Å². The molecule has 0 aliphatic heterocycles. The standard InChI is InChI=1S/C15H13N.ClH/c1-2-12-3-7-14(8-4-12)15-9-5-13(11-16)6-10-15;/h1,3-10H,11,16H2;1H. The maximum atomic E-state index is 5.55. The van der Waals surface area contributed by atoms with Gasteiger partial charge in [0.1, 0.15) is 0 Å². The number of rotatable bonds is 2. The Morgan fingerprint density at radius 2 is 1.35 bits per heavy atom. The summed E-state index contributed by atoms with van der Waals surface area (Å²) in [7, 11) is 0. The van der Waals surface area contributed by atoms with E-state index in [1.807, 2.05) is 36.4 Å². The molecule has 86 valence electrons. The lowest BCUT2D eigenvalue weighted by atomic mass is 10.0. The highest BCUT2D eigenvalue weighted by Crippen LogP contribution is 2.20. The second kappa shape index (κ2) is 6.10. The Morgan fingerprint density at radius 1 is 0.882 bits per heavy atom. The van der Waals surface area contributed by atoms with Gasteiger partial charge in [0.05, 0.1) is 0 Å². The van der Waals surface area contributed by atoms with E-state index >= 15 is 0 Å². The average molecular weight is 244 g/mol. The van der Waals surface area contributed by atoms with Crippen LogP contribution in [-0.4, -0.2) is 0 Å². The molecule has 0 aromatic heterocycles. The molecule has 0 radical (unpaired) electrons. The minimum atomic E-state index is 0. The molecular formula is C15H14ClN. The third kappa shape index (κ3) is 3.10. The number of hydrogen-bond acceptors (Lipinski definition) is 1. The van der Waals surface area contributed by atoms with Crippen molar-refractivity contribution < 1.29 is 0 Å². The van der Waals surface area contributed by atoms with Crippen molar-refractivity contribution in [3.8, 4) is 23.5 Å². The van der Waals surface area contributed by atoms with Gasteiger partial charge in [0, 0.05) is 12.1 Å². The number of terminal acetylenes is 1. The topological polar surface area (TPSA) is 26.0 Å². The monoisotopic (exact) mass is 243 g/mol. The Morgan fingerprint density at radius 3 is 1.76 bits per heavy atom. The lowest BCUT2D eigenvalue weighted by Crippen LogP contribution is -1.95. The van der Waals surface area contributed by atoms with Gasteiger partial charge < -0.3 is 5.73 Å². The highest BCUT2D eigenvalue weighted by molar-refractivity contribution is 5.85. The first-order chi connectivity index (χ1) is 7.83. The minimum Gasteiger partial charge on any atom is -0.326 e. The van der Waals surface area contributed by atoms with Crippen LogP contribution in [0.5, 0.6) is 0 Å². The fourth-order valence-electron chi connectivity index (χ4n) is 1.59. The van der Waals surface area contributed by atoms with Crippen LogP contribution in [0.4, 0.5) is 0 Å². The van der Waals surface area contributed by atoms with Gasteiger partial charge in [-0.15, -0.1) is 18.8 Å². The van der Waals surface area contributed by atoms with Gasteiger partial charge in [-0.05, 0) is 28.8 Å². The zero-order valence-corrected chi connectivity index (χ0v) is 10.2. The molecule has 1 nitrogen and oxygen atoms in total. The average Bonchev–Trinajstić information content (AvgIpc) is 2.39. The molecule has 2 aromatic rings. The van der Waals surface area contributed by atoms with Crippen molar-refractivity contribution in [2.45, 2.75) is 6.54 Å². The van der Waals surface area contributed by atoms with Crippen molar-refractivity contribution in [1.29, 1.82) is 0 Å². The van der Waals surface area contributed by atoms with E-state index in [0.717, 1.165) is 11.1 Å². The second-order valence-electron chi connectivity index (χ2n) is 3.62. The maximum Gasteiger partial charge on any atom is 0.0243 e. The molecule has 2 N–H and O–H groups in total. The molecule has 2 aromatic carbocycles. The summed E-state index contributed by atoms with van der Waals surface area (Å²) < 4.78 is 0. The molecule has 0 fully saturated rings. The molecule has 0 saturated heterocycles. The predicted octanol–water partition coefficient (Wildman–Crippen LogP) is 3.22. The Bertz CT molecular complexity index is 506. The van der Waals surface area contributed by atoms with E-state index < -0.39 is 0 Å². The van der Waals surface area contributed by atoms with Crippen LogP contribution in [0, 0.1) is 12.3 Å². The molecule has 0 bridgehead atoms. The second-order valence-corrected chi connectivity index (χ2v) is 3.62. The van der Waals surface area contributed by atoms with E-state index in [1.165, 1.54) is 11.1 Å². The van der Waals surface area contributed by atoms with Crippen molar-refractivity contribution in [2.75, 3.05) is 0 Å². The molecule has 0 heterocycles. The summed E-state index contributed by atoms with van der Waals surface area (Å²) in [4.78, 5) is 0. The highest BCUT2D eigenvalue weighted by Gasteiger charge is 1.97. The van der Waals surface area contributed by atoms with Crippen LogP contribution in [0.15, 0.2) is 48.5 Å². The van der Waals surface area contributed by atoms with Gasteiger partial charge in [0.15, 0.2) is 0 Å². The molecule has 0 unspecified atom stereocenters.